The Morgan fingerprint density at radius 2 is 1.94 bits per heavy atom. The van der Waals surface area contributed by atoms with Gasteiger partial charge in [0.25, 0.3) is 5.56 Å². The number of aromatic nitrogens is 4. The molecule has 0 saturated carbocycles. The van der Waals surface area contributed by atoms with Crippen molar-refractivity contribution in [2.75, 3.05) is 29.9 Å². The summed E-state index contributed by atoms with van der Waals surface area (Å²) in [7, 11) is 0. The lowest BCUT2D eigenvalue weighted by molar-refractivity contribution is 0.469. The number of anilines is 2. The zero-order chi connectivity index (χ0) is 24.6. The number of halogens is 1. The molecule has 1 saturated heterocycles. The number of rotatable bonds is 5. The monoisotopic (exact) mass is 436 g/mol. The van der Waals surface area contributed by atoms with E-state index in [2.05, 4.69) is 19.4 Å². The Labute approximate surface area is 189 Å². The molecule has 0 spiro atoms. The maximum Gasteiger partial charge on any atom is 0.252 e. The van der Waals surface area contributed by atoms with Crippen molar-refractivity contribution in [1.29, 1.82) is 0 Å². The van der Waals surface area contributed by atoms with Crippen molar-refractivity contribution in [3.05, 3.63) is 82.5 Å². The molecule has 3 heterocycles. The van der Waals surface area contributed by atoms with Crippen LogP contribution in [0.15, 0.2) is 65.6 Å². The average molecular weight is 437 g/mol. The molecule has 0 aliphatic carbocycles. The van der Waals surface area contributed by atoms with Gasteiger partial charge in [-0.2, -0.15) is 0 Å². The van der Waals surface area contributed by atoms with E-state index in [1.807, 2.05) is 24.3 Å². The van der Waals surface area contributed by atoms with Gasteiger partial charge >= 0.3 is 0 Å². The van der Waals surface area contributed by atoms with Crippen molar-refractivity contribution < 1.29 is 8.50 Å². The van der Waals surface area contributed by atoms with Crippen molar-refractivity contribution in [1.82, 2.24) is 19.5 Å². The minimum absolute atomic E-state index is 0.0551. The van der Waals surface area contributed by atoms with Crippen LogP contribution in [0, 0.1) is 5.82 Å². The fourth-order valence-electron chi connectivity index (χ4n) is 4.21. The average Bonchev–Trinajstić information content (AvgIpc) is 3.19. The number of aromatic amines is 1. The second-order valence-corrected chi connectivity index (χ2v) is 7.96. The highest BCUT2D eigenvalue weighted by Crippen LogP contribution is 2.28. The maximum absolute atomic E-state index is 13.4. The maximum atomic E-state index is 13.4. The molecule has 164 valence electrons. The Morgan fingerprint density at radius 3 is 2.69 bits per heavy atom. The first kappa shape index (κ1) is 16.9. The first-order valence-electron chi connectivity index (χ1n) is 12.1. The van der Waals surface area contributed by atoms with Crippen molar-refractivity contribution >= 4 is 22.9 Å². The van der Waals surface area contributed by atoms with Crippen LogP contribution in [0.2, 0.25) is 0 Å². The number of nitrogens with zero attached hydrogens (tertiary/aromatic N) is 5. The summed E-state index contributed by atoms with van der Waals surface area (Å²) in [5.74, 6) is 0.569. The summed E-state index contributed by atoms with van der Waals surface area (Å²) in [5, 5.41) is 0. The lowest BCUT2D eigenvalue weighted by atomic mass is 10.0. The van der Waals surface area contributed by atoms with Crippen LogP contribution in [-0.2, 0) is 6.54 Å². The predicted octanol–water partition coefficient (Wildman–Crippen LogP) is 3.41. The molecular formula is C24H25FN6O. The molecule has 32 heavy (non-hydrogen) atoms. The Morgan fingerprint density at radius 1 is 1.16 bits per heavy atom. The first-order chi connectivity index (χ1) is 16.8. The molecule has 8 heteroatoms. The molecule has 4 aromatic rings. The van der Waals surface area contributed by atoms with Crippen molar-refractivity contribution in [2.45, 2.75) is 25.4 Å². The highest BCUT2D eigenvalue weighted by molar-refractivity contribution is 5.79. The zero-order valence-electron chi connectivity index (χ0n) is 20.4. The Kier molecular flexibility index (Phi) is 4.48. The molecule has 1 aliphatic rings. The third-order valence-electron chi connectivity index (χ3n) is 5.89. The van der Waals surface area contributed by atoms with Gasteiger partial charge in [0.1, 0.15) is 5.82 Å². The number of hydrogen-bond acceptors (Lipinski definition) is 5. The fourth-order valence-corrected chi connectivity index (χ4v) is 4.21. The van der Waals surface area contributed by atoms with Gasteiger partial charge in [-0.05, 0) is 42.7 Å². The number of benzene rings is 2. The number of fused-ring (bicyclic) bond motifs is 1. The van der Waals surface area contributed by atoms with Gasteiger partial charge in [0.15, 0.2) is 0 Å². The lowest BCUT2D eigenvalue weighted by Gasteiger charge is -2.37. The molecular weight excluding hydrogens is 408 g/mol. The number of para-hydroxylation sites is 2. The van der Waals surface area contributed by atoms with Gasteiger partial charge in [-0.1, -0.05) is 24.3 Å². The van der Waals surface area contributed by atoms with Crippen LogP contribution in [0.4, 0.5) is 16.3 Å². The van der Waals surface area contributed by atoms with E-state index in [9.17, 15) is 9.18 Å². The number of hydrogen-bond donors (Lipinski definition) is 1. The highest BCUT2D eigenvalue weighted by Gasteiger charge is 2.27. The normalized spacial score (nSPS) is 16.5. The minimum atomic E-state index is -2.44. The third-order valence-corrected chi connectivity index (χ3v) is 5.89. The van der Waals surface area contributed by atoms with E-state index < -0.39 is 12.5 Å². The molecule has 5 rings (SSSR count). The third kappa shape index (κ3) is 3.95. The predicted molar refractivity (Wildman–Crippen MR) is 124 cm³/mol. The Balaban J connectivity index is 1.42. The zero-order valence-corrected chi connectivity index (χ0v) is 17.4. The first-order valence-corrected chi connectivity index (χ1v) is 10.6. The minimum Gasteiger partial charge on any atom is -0.342 e. The quantitative estimate of drug-likeness (QED) is 0.486. The number of imidazole rings is 1. The number of H-pyrrole nitrogens is 1. The molecule has 0 unspecified atom stereocenters. The Hall–Kier alpha value is -3.68. The van der Waals surface area contributed by atoms with Gasteiger partial charge in [0.05, 0.1) is 17.6 Å². The number of piperidine rings is 1. The van der Waals surface area contributed by atoms with Crippen LogP contribution in [0.3, 0.4) is 0 Å². The topological polar surface area (TPSA) is 70.1 Å². The van der Waals surface area contributed by atoms with Crippen molar-refractivity contribution in [3.63, 3.8) is 0 Å². The van der Waals surface area contributed by atoms with E-state index >= 15 is 0 Å². The summed E-state index contributed by atoms with van der Waals surface area (Å²) in [5.41, 5.74) is 2.40. The van der Waals surface area contributed by atoms with Crippen LogP contribution in [0.5, 0.6) is 0 Å². The molecule has 2 aromatic heterocycles. The summed E-state index contributed by atoms with van der Waals surface area (Å²) in [6, 6.07) is 15.2. The van der Waals surface area contributed by atoms with E-state index in [0.717, 1.165) is 22.5 Å². The standard InChI is InChI=1S/C24H25FN6O/c1-29(23-26-13-10-22(32)28-23)19-11-14-30(15-12-19)24-27-20-4-2-3-5-21(20)31(24)16-17-6-8-18(25)9-7-17/h2-10,13,19H,11-12,14-16H2,1H3,(H,26,28,32)/i1+1D3. The van der Waals surface area contributed by atoms with Gasteiger partial charge in [-0.25, -0.2) is 14.4 Å². The van der Waals surface area contributed by atoms with Crippen molar-refractivity contribution in [2.24, 2.45) is 0 Å². The van der Waals surface area contributed by atoms with E-state index in [1.54, 1.807) is 12.1 Å². The van der Waals surface area contributed by atoms with E-state index in [-0.39, 0.29) is 17.8 Å². The largest absolute Gasteiger partial charge is 0.342 e. The molecule has 0 bridgehead atoms. The van der Waals surface area contributed by atoms with E-state index in [1.165, 1.54) is 29.3 Å². The second kappa shape index (κ2) is 8.45. The van der Waals surface area contributed by atoms with Crippen LogP contribution in [0.1, 0.15) is 22.5 Å². The van der Waals surface area contributed by atoms with Crippen molar-refractivity contribution in [3.8, 4) is 0 Å². The van der Waals surface area contributed by atoms with Crippen LogP contribution >= 0.6 is 0 Å². The Bertz CT molecular complexity index is 1380. The second-order valence-electron chi connectivity index (χ2n) is 7.96. The lowest BCUT2D eigenvalue weighted by Crippen LogP contribution is -2.45. The molecule has 0 atom stereocenters. The molecule has 1 aliphatic heterocycles. The summed E-state index contributed by atoms with van der Waals surface area (Å²) >= 11 is 0. The summed E-state index contributed by atoms with van der Waals surface area (Å²) in [6.07, 6.45) is 2.42. The summed E-state index contributed by atoms with van der Waals surface area (Å²) in [6.45, 7) is -0.741. The van der Waals surface area contributed by atoms with E-state index in [4.69, 9.17) is 9.10 Å². The molecule has 1 fully saturated rings. The van der Waals surface area contributed by atoms with Crippen LogP contribution < -0.4 is 15.4 Å². The smallest absolute Gasteiger partial charge is 0.252 e. The van der Waals surface area contributed by atoms with Gasteiger partial charge in [-0.3, -0.25) is 9.78 Å². The molecule has 0 amide bonds. The number of nitrogens with one attached hydrogen (secondary N) is 1. The van der Waals surface area contributed by atoms with E-state index in [0.29, 0.717) is 32.5 Å². The van der Waals surface area contributed by atoms with Gasteiger partial charge in [-0.15, -0.1) is 0 Å². The fraction of sp³-hybridized carbons (Fsp3) is 0.292. The highest BCUT2D eigenvalue weighted by atomic mass is 19.1. The molecule has 2 aromatic carbocycles. The SMILES string of the molecule is [2H][13C]([2H])([2H])N(c1nccc(=O)[nH]1)C1CCN(c2nc3ccccc3n2Cc2ccc(F)cc2)CC1. The molecule has 1 N–H and O–H groups in total. The van der Waals surface area contributed by atoms with Crippen LogP contribution in [0.25, 0.3) is 11.0 Å². The molecule has 0 radical (unpaired) electrons. The van der Waals surface area contributed by atoms with Gasteiger partial charge in [0, 0.05) is 42.5 Å². The summed E-state index contributed by atoms with van der Waals surface area (Å²) in [4.78, 5) is 26.7. The van der Waals surface area contributed by atoms with Crippen LogP contribution in [-0.4, -0.2) is 45.6 Å². The molecule has 7 nitrogen and oxygen atoms in total. The summed E-state index contributed by atoms with van der Waals surface area (Å²) < 4.78 is 39.6. The van der Waals surface area contributed by atoms with Gasteiger partial charge < -0.3 is 14.4 Å². The van der Waals surface area contributed by atoms with Gasteiger partial charge in [0.2, 0.25) is 11.9 Å².